The largest absolute Gasteiger partial charge is 0.493 e. The number of rotatable bonds is 9. The molecule has 0 aliphatic carbocycles. The van der Waals surface area contributed by atoms with Crippen molar-refractivity contribution in [3.05, 3.63) is 59.7 Å². The Labute approximate surface area is 171 Å². The van der Waals surface area contributed by atoms with E-state index in [1.54, 1.807) is 37.3 Å². The van der Waals surface area contributed by atoms with E-state index in [1.807, 2.05) is 0 Å². The molecule has 0 unspecified atom stereocenters. The Morgan fingerprint density at radius 3 is 2.59 bits per heavy atom. The van der Waals surface area contributed by atoms with Gasteiger partial charge in [-0.05, 0) is 37.3 Å². The normalized spacial score (nSPS) is 11.7. The highest BCUT2D eigenvalue weighted by Crippen LogP contribution is 2.29. The van der Waals surface area contributed by atoms with Gasteiger partial charge in [0.25, 0.3) is 11.1 Å². The van der Waals surface area contributed by atoms with Crippen LogP contribution in [0.3, 0.4) is 0 Å². The van der Waals surface area contributed by atoms with Crippen LogP contribution in [0.2, 0.25) is 0 Å². The predicted molar refractivity (Wildman–Crippen MR) is 104 cm³/mol. The molecule has 0 radical (unpaired) electrons. The van der Waals surface area contributed by atoms with Gasteiger partial charge in [0.15, 0.2) is 35.0 Å². The van der Waals surface area contributed by atoms with E-state index in [2.05, 4.69) is 10.2 Å². The Morgan fingerprint density at radius 2 is 1.86 bits per heavy atom. The first-order valence-corrected chi connectivity index (χ1v) is 9.63. The van der Waals surface area contributed by atoms with Crippen molar-refractivity contribution < 1.29 is 27.8 Å². The fraction of sp³-hybridized carbons (Fsp3) is 0.250. The minimum absolute atomic E-state index is 0.0935. The first-order chi connectivity index (χ1) is 14.0. The van der Waals surface area contributed by atoms with Crippen LogP contribution in [0.4, 0.5) is 4.39 Å². The molecule has 0 bridgehead atoms. The van der Waals surface area contributed by atoms with E-state index < -0.39 is 11.9 Å². The number of benzene rings is 2. The highest BCUT2D eigenvalue weighted by molar-refractivity contribution is 7.99. The Balaban J connectivity index is 1.60. The molecule has 1 aromatic heterocycles. The zero-order chi connectivity index (χ0) is 20.8. The number of halogens is 1. The second kappa shape index (κ2) is 9.42. The number of thioether (sulfide) groups is 1. The average Bonchev–Trinajstić information content (AvgIpc) is 3.22. The molecule has 0 saturated carbocycles. The van der Waals surface area contributed by atoms with Gasteiger partial charge in [-0.25, -0.2) is 4.39 Å². The lowest BCUT2D eigenvalue weighted by Crippen LogP contribution is -2.04. The quantitative estimate of drug-likeness (QED) is 0.375. The van der Waals surface area contributed by atoms with Gasteiger partial charge < -0.3 is 18.6 Å². The summed E-state index contributed by atoms with van der Waals surface area (Å²) in [4.78, 5) is 12.4. The number of ether oxygens (including phenoxy) is 3. The van der Waals surface area contributed by atoms with Gasteiger partial charge in [-0.3, -0.25) is 4.79 Å². The van der Waals surface area contributed by atoms with Crippen molar-refractivity contribution in [1.29, 1.82) is 0 Å². The van der Waals surface area contributed by atoms with Crippen LogP contribution < -0.4 is 14.2 Å². The van der Waals surface area contributed by atoms with E-state index in [-0.39, 0.29) is 28.4 Å². The van der Waals surface area contributed by atoms with Crippen LogP contribution >= 0.6 is 11.8 Å². The molecular formula is C20H19FN2O5S. The van der Waals surface area contributed by atoms with Crippen molar-refractivity contribution in [2.75, 3.05) is 20.0 Å². The molecule has 0 spiro atoms. The molecule has 9 heteroatoms. The number of aromatic nitrogens is 2. The number of ketones is 1. The molecular weight excluding hydrogens is 399 g/mol. The third kappa shape index (κ3) is 5.05. The topological polar surface area (TPSA) is 83.7 Å². The third-order valence-corrected chi connectivity index (χ3v) is 4.76. The van der Waals surface area contributed by atoms with E-state index >= 15 is 0 Å². The van der Waals surface area contributed by atoms with E-state index in [9.17, 15) is 9.18 Å². The zero-order valence-electron chi connectivity index (χ0n) is 16.0. The van der Waals surface area contributed by atoms with Gasteiger partial charge in [0.05, 0.1) is 20.0 Å². The molecule has 0 N–H and O–H groups in total. The van der Waals surface area contributed by atoms with Crippen molar-refractivity contribution >= 4 is 17.5 Å². The maximum absolute atomic E-state index is 13.7. The summed E-state index contributed by atoms with van der Waals surface area (Å²) in [6.07, 6.45) is -0.643. The summed E-state index contributed by atoms with van der Waals surface area (Å²) >= 11 is 1.10. The second-order valence-electron chi connectivity index (χ2n) is 5.88. The fourth-order valence-corrected chi connectivity index (χ4v) is 3.11. The Hall–Kier alpha value is -3.07. The lowest BCUT2D eigenvalue weighted by molar-refractivity contribution is 0.102. The lowest BCUT2D eigenvalue weighted by Gasteiger charge is -2.11. The highest BCUT2D eigenvalue weighted by atomic mass is 32.2. The first-order valence-electron chi connectivity index (χ1n) is 8.64. The number of para-hydroxylation sites is 1. The average molecular weight is 418 g/mol. The van der Waals surface area contributed by atoms with Gasteiger partial charge in [0.1, 0.15) is 0 Å². The van der Waals surface area contributed by atoms with E-state index in [4.69, 9.17) is 18.6 Å². The molecule has 0 aliphatic rings. The van der Waals surface area contributed by atoms with Crippen LogP contribution in [-0.4, -0.2) is 36.0 Å². The van der Waals surface area contributed by atoms with Crippen LogP contribution in [0.25, 0.3) is 0 Å². The Bertz CT molecular complexity index is 995. The highest BCUT2D eigenvalue weighted by Gasteiger charge is 2.19. The summed E-state index contributed by atoms with van der Waals surface area (Å²) in [7, 11) is 3.03. The molecule has 0 amide bonds. The number of Topliss-reactive ketones (excluding diaryl/α,β-unsaturated/α-hetero) is 1. The number of methoxy groups -OCH3 is 2. The summed E-state index contributed by atoms with van der Waals surface area (Å²) in [5.41, 5.74) is 0.478. The minimum atomic E-state index is -0.643. The molecule has 0 saturated heterocycles. The number of nitrogens with zero attached hydrogens (tertiary/aromatic N) is 2. The third-order valence-electron chi connectivity index (χ3n) is 3.94. The number of hydrogen-bond donors (Lipinski definition) is 0. The molecule has 7 nitrogen and oxygen atoms in total. The molecule has 1 heterocycles. The van der Waals surface area contributed by atoms with Gasteiger partial charge in [-0.2, -0.15) is 0 Å². The van der Waals surface area contributed by atoms with E-state index in [0.717, 1.165) is 11.8 Å². The van der Waals surface area contributed by atoms with Crippen molar-refractivity contribution in [2.24, 2.45) is 0 Å². The summed E-state index contributed by atoms with van der Waals surface area (Å²) in [5.74, 6) is 0.787. The van der Waals surface area contributed by atoms with Crippen molar-refractivity contribution in [1.82, 2.24) is 10.2 Å². The van der Waals surface area contributed by atoms with Gasteiger partial charge in [-0.15, -0.1) is 10.2 Å². The smallest absolute Gasteiger partial charge is 0.277 e. The second-order valence-corrected chi connectivity index (χ2v) is 6.80. The van der Waals surface area contributed by atoms with E-state index in [0.29, 0.717) is 17.1 Å². The number of hydrogen-bond acceptors (Lipinski definition) is 8. The van der Waals surface area contributed by atoms with Crippen LogP contribution in [0, 0.1) is 5.82 Å². The van der Waals surface area contributed by atoms with Crippen molar-refractivity contribution in [3.8, 4) is 17.2 Å². The molecule has 29 heavy (non-hydrogen) atoms. The van der Waals surface area contributed by atoms with Gasteiger partial charge in [0.2, 0.25) is 0 Å². The predicted octanol–water partition coefficient (Wildman–Crippen LogP) is 4.34. The maximum Gasteiger partial charge on any atom is 0.277 e. The van der Waals surface area contributed by atoms with E-state index in [1.165, 1.54) is 26.4 Å². The summed E-state index contributed by atoms with van der Waals surface area (Å²) in [6.45, 7) is 1.67. The summed E-state index contributed by atoms with van der Waals surface area (Å²) < 4.78 is 35.1. The molecule has 1 atom stereocenters. The molecule has 152 valence electrons. The zero-order valence-corrected chi connectivity index (χ0v) is 16.9. The molecule has 0 aliphatic heterocycles. The van der Waals surface area contributed by atoms with Crippen molar-refractivity contribution in [2.45, 2.75) is 18.3 Å². The summed E-state index contributed by atoms with van der Waals surface area (Å²) in [6, 6.07) is 11.0. The number of carbonyl (C=O) groups is 1. The van der Waals surface area contributed by atoms with Crippen LogP contribution in [0.1, 0.15) is 29.3 Å². The lowest BCUT2D eigenvalue weighted by atomic mass is 10.1. The Morgan fingerprint density at radius 1 is 1.10 bits per heavy atom. The fourth-order valence-electron chi connectivity index (χ4n) is 2.44. The monoisotopic (exact) mass is 418 g/mol. The Kier molecular flexibility index (Phi) is 6.71. The van der Waals surface area contributed by atoms with Gasteiger partial charge in [-0.1, -0.05) is 23.9 Å². The SMILES string of the molecule is COc1ccc(C(=O)CSc2nnc([C@H](C)Oc3ccccc3F)o2)cc1OC. The van der Waals surface area contributed by atoms with Crippen LogP contribution in [0.5, 0.6) is 17.2 Å². The van der Waals surface area contributed by atoms with Crippen molar-refractivity contribution in [3.63, 3.8) is 0 Å². The molecule has 0 fully saturated rings. The van der Waals surface area contributed by atoms with Gasteiger partial charge in [0, 0.05) is 5.56 Å². The first kappa shape index (κ1) is 20.7. The molecule has 3 aromatic rings. The summed E-state index contributed by atoms with van der Waals surface area (Å²) in [5, 5.41) is 8.03. The maximum atomic E-state index is 13.7. The van der Waals surface area contributed by atoms with Crippen LogP contribution in [0.15, 0.2) is 52.1 Å². The van der Waals surface area contributed by atoms with Crippen LogP contribution in [-0.2, 0) is 0 Å². The van der Waals surface area contributed by atoms with Gasteiger partial charge >= 0.3 is 0 Å². The molecule has 2 aromatic carbocycles. The number of carbonyl (C=O) groups excluding carboxylic acids is 1. The minimum Gasteiger partial charge on any atom is -0.493 e. The molecule has 3 rings (SSSR count). The standard InChI is InChI=1S/C20H19FN2O5S/c1-12(27-16-7-5-4-6-14(16)21)19-22-23-20(28-19)29-11-15(24)13-8-9-17(25-2)18(10-13)26-3/h4-10,12H,11H2,1-3H3/t12-/m0/s1.